The Kier molecular flexibility index (Phi) is 7.46. The highest BCUT2D eigenvalue weighted by atomic mass is 32.2. The Labute approximate surface area is 213 Å². The van der Waals surface area contributed by atoms with Crippen molar-refractivity contribution in [2.24, 2.45) is 17.0 Å². The molecule has 4 aliphatic rings. The number of fused-ring (bicyclic) bond motifs is 1. The number of sulfone groups is 1. The van der Waals surface area contributed by atoms with Crippen LogP contribution in [0.4, 0.5) is 0 Å². The smallest absolute Gasteiger partial charge is 0.353 e. The van der Waals surface area contributed by atoms with Gasteiger partial charge < -0.3 is 20.6 Å². The quantitative estimate of drug-likeness (QED) is 0.153. The van der Waals surface area contributed by atoms with Gasteiger partial charge in [-0.15, -0.1) is 11.8 Å². The molecule has 36 heavy (non-hydrogen) atoms. The summed E-state index contributed by atoms with van der Waals surface area (Å²) in [5.41, 5.74) is -0.0630. The molecule has 7 atom stereocenters. The number of β-lactam (4-membered cyclic amide) rings is 1. The highest BCUT2D eigenvalue weighted by Crippen LogP contribution is 2.51. The van der Waals surface area contributed by atoms with Crippen LogP contribution in [-0.4, -0.2) is 98.8 Å². The van der Waals surface area contributed by atoms with E-state index in [0.29, 0.717) is 17.9 Å². The van der Waals surface area contributed by atoms with Gasteiger partial charge in [0.2, 0.25) is 11.8 Å². The van der Waals surface area contributed by atoms with Gasteiger partial charge in [-0.1, -0.05) is 6.92 Å². The molecule has 202 valence electrons. The maximum absolute atomic E-state index is 13.0. The van der Waals surface area contributed by atoms with Gasteiger partial charge >= 0.3 is 5.97 Å². The monoisotopic (exact) mass is 566 g/mol. The Morgan fingerprint density at radius 3 is 2.61 bits per heavy atom. The fraction of sp³-hybridized carbons (Fsp3) is 0.737. The second-order valence-corrected chi connectivity index (χ2v) is 14.4. The molecule has 17 heteroatoms. The van der Waals surface area contributed by atoms with Crippen molar-refractivity contribution >= 4 is 49.6 Å². The molecule has 0 unspecified atom stereocenters. The van der Waals surface area contributed by atoms with Crippen molar-refractivity contribution in [2.45, 2.75) is 49.7 Å². The van der Waals surface area contributed by atoms with Crippen molar-refractivity contribution < 1.29 is 36.3 Å². The number of aliphatic carboxylic acids is 1. The molecule has 0 aromatic heterocycles. The number of nitrogens with one attached hydrogen (secondary N) is 4. The molecule has 4 rings (SSSR count). The first kappa shape index (κ1) is 27.3. The standard InChI is InChI=1S/C19H30N6O8S3/c1-8-14-13(9(2)24-17(26)12-6-35(30,31)7-22-12)18(27)25(14)15(19(28)29)16(8)34-11-3-10(21-5-11)4-23-36(20,32)33/h8-14,21-23H,3-7H2,1-2H3,(H,24,26)(H,28,29)(H2,20,32,33)/t8-,9-,10+,11+,12+,13-,14-/m1/s1. The molecule has 4 aliphatic heterocycles. The molecule has 0 radical (unpaired) electrons. The summed E-state index contributed by atoms with van der Waals surface area (Å²) in [5, 5.41) is 23.4. The summed E-state index contributed by atoms with van der Waals surface area (Å²) in [5.74, 6) is -3.68. The lowest BCUT2D eigenvalue weighted by Crippen LogP contribution is -2.66. The Morgan fingerprint density at radius 2 is 2.03 bits per heavy atom. The normalized spacial score (nSPS) is 34.4. The van der Waals surface area contributed by atoms with Gasteiger partial charge in [0, 0.05) is 41.2 Å². The van der Waals surface area contributed by atoms with Gasteiger partial charge in [0.25, 0.3) is 10.2 Å². The first-order chi connectivity index (χ1) is 16.7. The fourth-order valence-electron chi connectivity index (χ4n) is 5.30. The summed E-state index contributed by atoms with van der Waals surface area (Å²) < 4.78 is 47.8. The van der Waals surface area contributed by atoms with Gasteiger partial charge in [-0.3, -0.25) is 14.9 Å². The third kappa shape index (κ3) is 5.41. The number of amides is 2. The Balaban J connectivity index is 1.42. The first-order valence-electron chi connectivity index (χ1n) is 11.4. The van der Waals surface area contributed by atoms with E-state index in [2.05, 4.69) is 20.7 Å². The molecule has 0 aliphatic carbocycles. The molecule has 0 spiro atoms. The van der Waals surface area contributed by atoms with Crippen molar-refractivity contribution in [1.29, 1.82) is 0 Å². The maximum atomic E-state index is 13.0. The number of nitrogens with zero attached hydrogens (tertiary/aromatic N) is 1. The number of hydrogen-bond acceptors (Lipinski definition) is 10. The third-order valence-electron chi connectivity index (χ3n) is 6.99. The van der Waals surface area contributed by atoms with Crippen molar-refractivity contribution in [3.63, 3.8) is 0 Å². The van der Waals surface area contributed by atoms with Crippen LogP contribution < -0.4 is 25.8 Å². The van der Waals surface area contributed by atoms with Crippen LogP contribution in [0.25, 0.3) is 0 Å². The summed E-state index contributed by atoms with van der Waals surface area (Å²) in [4.78, 5) is 39.6. The van der Waals surface area contributed by atoms with Gasteiger partial charge in [0.05, 0.1) is 23.6 Å². The average Bonchev–Trinajstić information content (AvgIpc) is 3.42. The molecule has 0 bridgehead atoms. The van der Waals surface area contributed by atoms with E-state index in [0.717, 1.165) is 0 Å². The fourth-order valence-corrected chi connectivity index (χ4v) is 8.60. The number of carboxylic acids is 1. The van der Waals surface area contributed by atoms with Crippen molar-refractivity contribution in [3.05, 3.63) is 10.6 Å². The van der Waals surface area contributed by atoms with E-state index in [9.17, 15) is 36.3 Å². The highest BCUT2D eigenvalue weighted by Gasteiger charge is 2.60. The Morgan fingerprint density at radius 1 is 1.33 bits per heavy atom. The van der Waals surface area contributed by atoms with Gasteiger partial charge in [-0.2, -0.15) is 8.42 Å². The first-order valence-corrected chi connectivity index (χ1v) is 15.7. The molecule has 0 aromatic rings. The highest BCUT2D eigenvalue weighted by molar-refractivity contribution is 8.03. The number of rotatable bonds is 9. The predicted molar refractivity (Wildman–Crippen MR) is 130 cm³/mol. The zero-order chi connectivity index (χ0) is 26.6. The summed E-state index contributed by atoms with van der Waals surface area (Å²) in [6, 6.07) is -2.13. The minimum atomic E-state index is -3.82. The predicted octanol–water partition coefficient (Wildman–Crippen LogP) is -3.14. The van der Waals surface area contributed by atoms with Gasteiger partial charge in [0.15, 0.2) is 9.84 Å². The van der Waals surface area contributed by atoms with Crippen LogP contribution in [-0.2, 0) is 34.4 Å². The number of hydrogen-bond donors (Lipinski definition) is 6. The largest absolute Gasteiger partial charge is 0.477 e. The van der Waals surface area contributed by atoms with Gasteiger partial charge in [-0.25, -0.2) is 23.1 Å². The van der Waals surface area contributed by atoms with Crippen LogP contribution in [0.5, 0.6) is 0 Å². The molecule has 7 N–H and O–H groups in total. The van der Waals surface area contributed by atoms with E-state index < -0.39 is 61.9 Å². The lowest BCUT2D eigenvalue weighted by Gasteiger charge is -2.47. The zero-order valence-corrected chi connectivity index (χ0v) is 22.1. The van der Waals surface area contributed by atoms with Crippen LogP contribution in [0, 0.1) is 11.8 Å². The van der Waals surface area contributed by atoms with E-state index in [1.165, 1.54) is 16.7 Å². The number of carboxylic acid groups (broad SMARTS) is 1. The van der Waals surface area contributed by atoms with Gasteiger partial charge in [0.1, 0.15) is 11.7 Å². The number of thioether (sulfide) groups is 1. The minimum Gasteiger partial charge on any atom is -0.477 e. The second kappa shape index (κ2) is 9.85. The Hall–Kier alpha value is -1.76. The maximum Gasteiger partial charge on any atom is 0.353 e. The topological polar surface area (TPSA) is 217 Å². The van der Waals surface area contributed by atoms with Crippen molar-refractivity contribution in [2.75, 3.05) is 24.7 Å². The summed E-state index contributed by atoms with van der Waals surface area (Å²) in [6.45, 7) is 4.14. The minimum absolute atomic E-state index is 0.0381. The van der Waals surface area contributed by atoms with Gasteiger partial charge in [-0.05, 0) is 13.3 Å². The molecular formula is C19H30N6O8S3. The van der Waals surface area contributed by atoms with E-state index >= 15 is 0 Å². The molecule has 14 nitrogen and oxygen atoms in total. The van der Waals surface area contributed by atoms with Crippen LogP contribution in [0.15, 0.2) is 10.6 Å². The molecule has 3 saturated heterocycles. The third-order valence-corrected chi connectivity index (χ3v) is 10.5. The zero-order valence-electron chi connectivity index (χ0n) is 19.6. The van der Waals surface area contributed by atoms with E-state index in [1.807, 2.05) is 6.92 Å². The van der Waals surface area contributed by atoms with Crippen molar-refractivity contribution in [3.8, 4) is 0 Å². The van der Waals surface area contributed by atoms with Crippen molar-refractivity contribution in [1.82, 2.24) is 25.6 Å². The molecule has 4 heterocycles. The van der Waals surface area contributed by atoms with Crippen LogP contribution >= 0.6 is 11.8 Å². The molecule has 0 saturated carbocycles. The molecule has 3 fully saturated rings. The van der Waals surface area contributed by atoms with E-state index in [1.54, 1.807) is 6.92 Å². The summed E-state index contributed by atoms with van der Waals surface area (Å²) in [7, 11) is -7.16. The van der Waals surface area contributed by atoms with Crippen LogP contribution in [0.1, 0.15) is 20.3 Å². The van der Waals surface area contributed by atoms with E-state index in [4.69, 9.17) is 5.14 Å². The lowest BCUT2D eigenvalue weighted by molar-refractivity contribution is -0.158. The Bertz CT molecular complexity index is 1210. The SMILES string of the molecule is C[C@@H](NC(=O)[C@@H]1CS(=O)(=O)CN1)[C@H]1C(=O)N2C(C(=O)O)=C(S[C@@H]3CN[C@H](CNS(N)(=O)=O)C3)[C@H](C)[C@H]12. The number of carbonyl (C=O) groups is 3. The van der Waals surface area contributed by atoms with Crippen LogP contribution in [0.2, 0.25) is 0 Å². The lowest BCUT2D eigenvalue weighted by atomic mass is 9.78. The average molecular weight is 567 g/mol. The number of nitrogens with two attached hydrogens (primary N) is 1. The van der Waals surface area contributed by atoms with E-state index in [-0.39, 0.29) is 41.1 Å². The second-order valence-electron chi connectivity index (χ2n) is 9.61. The number of carbonyl (C=O) groups excluding carboxylic acids is 2. The molecule has 2 amide bonds. The molecular weight excluding hydrogens is 536 g/mol. The summed E-state index contributed by atoms with van der Waals surface area (Å²) >= 11 is 1.36. The molecule has 0 aromatic carbocycles. The summed E-state index contributed by atoms with van der Waals surface area (Å²) in [6.07, 6.45) is 0.572. The van der Waals surface area contributed by atoms with Crippen LogP contribution in [0.3, 0.4) is 0 Å².